The summed E-state index contributed by atoms with van der Waals surface area (Å²) in [6.07, 6.45) is 2.33. The van der Waals surface area contributed by atoms with Crippen LogP contribution in [0.1, 0.15) is 62.5 Å². The minimum absolute atomic E-state index is 0.0248. The van der Waals surface area contributed by atoms with E-state index in [4.69, 9.17) is 0 Å². The number of amides is 2. The molecule has 190 valence electrons. The molecular weight excluding hydrogens is 459 g/mol. The Morgan fingerprint density at radius 1 is 1.17 bits per heavy atom. The highest BCUT2D eigenvalue weighted by Gasteiger charge is 2.33. The standard InChI is InChI=1S/C28H33FN4O3/c1-28(2,3)26(23(34)10-6-7-19-15-24(35)30-16-19)31-27(36)25-21-8-4-5-9-22(21)33(32-25)17-18-11-13-20(29)14-12-18/h4-5,8-9,11-14,19,26H,6-7,10,15-17H2,1-3H3,(H,30,35)(H,31,36). The largest absolute Gasteiger partial charge is 0.356 e. The van der Waals surface area contributed by atoms with Gasteiger partial charge in [-0.25, -0.2) is 4.39 Å². The number of Topliss-reactive ketones (excluding diaryl/α,β-unsaturated/α-hetero) is 1. The zero-order chi connectivity index (χ0) is 25.9. The van der Waals surface area contributed by atoms with Gasteiger partial charge in [0, 0.05) is 24.8 Å². The van der Waals surface area contributed by atoms with E-state index in [1.807, 2.05) is 45.0 Å². The molecular formula is C28H33FN4O3. The van der Waals surface area contributed by atoms with Crippen LogP contribution in [0.25, 0.3) is 10.9 Å². The first-order chi connectivity index (χ1) is 17.1. The molecule has 1 aliphatic rings. The molecule has 0 aliphatic carbocycles. The number of hydrogen-bond acceptors (Lipinski definition) is 4. The molecule has 7 nitrogen and oxygen atoms in total. The summed E-state index contributed by atoms with van der Waals surface area (Å²) in [5, 5.41) is 11.1. The van der Waals surface area contributed by atoms with Crippen molar-refractivity contribution in [1.82, 2.24) is 20.4 Å². The number of nitrogens with one attached hydrogen (secondary N) is 2. The molecule has 2 N–H and O–H groups in total. The molecule has 36 heavy (non-hydrogen) atoms. The normalized spacial score (nSPS) is 16.7. The Labute approximate surface area is 210 Å². The molecule has 8 heteroatoms. The molecule has 1 fully saturated rings. The van der Waals surface area contributed by atoms with Gasteiger partial charge in [0.1, 0.15) is 5.82 Å². The Morgan fingerprint density at radius 2 is 1.89 bits per heavy atom. The first-order valence-electron chi connectivity index (χ1n) is 12.4. The number of halogens is 1. The van der Waals surface area contributed by atoms with Crippen LogP contribution in [0.4, 0.5) is 4.39 Å². The smallest absolute Gasteiger partial charge is 0.273 e. The van der Waals surface area contributed by atoms with E-state index in [-0.39, 0.29) is 29.1 Å². The van der Waals surface area contributed by atoms with Crippen LogP contribution in [0.5, 0.6) is 0 Å². The Balaban J connectivity index is 1.49. The summed E-state index contributed by atoms with van der Waals surface area (Å²) >= 11 is 0. The van der Waals surface area contributed by atoms with E-state index in [9.17, 15) is 18.8 Å². The molecule has 0 radical (unpaired) electrons. The molecule has 3 aromatic rings. The summed E-state index contributed by atoms with van der Waals surface area (Å²) in [5.41, 5.74) is 1.42. The third-order valence-corrected chi connectivity index (χ3v) is 6.68. The van der Waals surface area contributed by atoms with Gasteiger partial charge in [0.15, 0.2) is 11.5 Å². The predicted octanol–water partition coefficient (Wildman–Crippen LogP) is 4.24. The molecule has 0 bridgehead atoms. The molecule has 1 saturated heterocycles. The number of nitrogens with zero attached hydrogens (tertiary/aromatic N) is 2. The molecule has 2 unspecified atom stereocenters. The van der Waals surface area contributed by atoms with Gasteiger partial charge in [-0.15, -0.1) is 0 Å². The number of carbonyl (C=O) groups excluding carboxylic acids is 3. The third-order valence-electron chi connectivity index (χ3n) is 6.68. The molecule has 2 heterocycles. The van der Waals surface area contributed by atoms with Crippen molar-refractivity contribution in [3.05, 3.63) is 65.6 Å². The van der Waals surface area contributed by atoms with Crippen LogP contribution in [0.3, 0.4) is 0 Å². The summed E-state index contributed by atoms with van der Waals surface area (Å²) in [6.45, 7) is 6.84. The second kappa shape index (κ2) is 10.6. The summed E-state index contributed by atoms with van der Waals surface area (Å²) in [7, 11) is 0. The lowest BCUT2D eigenvalue weighted by atomic mass is 9.82. The quantitative estimate of drug-likeness (QED) is 0.467. The number of ketones is 1. The lowest BCUT2D eigenvalue weighted by Gasteiger charge is -2.30. The third kappa shape index (κ3) is 5.98. The molecule has 0 saturated carbocycles. The Hall–Kier alpha value is -3.55. The van der Waals surface area contributed by atoms with E-state index in [0.717, 1.165) is 17.5 Å². The Morgan fingerprint density at radius 3 is 2.56 bits per heavy atom. The van der Waals surface area contributed by atoms with Gasteiger partial charge in [-0.2, -0.15) is 5.10 Å². The first kappa shape index (κ1) is 25.5. The van der Waals surface area contributed by atoms with Gasteiger partial charge in [-0.05, 0) is 47.9 Å². The van der Waals surface area contributed by atoms with Crippen molar-refractivity contribution in [1.29, 1.82) is 0 Å². The van der Waals surface area contributed by atoms with Crippen molar-refractivity contribution in [2.24, 2.45) is 11.3 Å². The van der Waals surface area contributed by atoms with Crippen LogP contribution < -0.4 is 10.6 Å². The summed E-state index contributed by atoms with van der Waals surface area (Å²) < 4.78 is 15.0. The molecule has 1 aliphatic heterocycles. The highest BCUT2D eigenvalue weighted by molar-refractivity contribution is 6.06. The summed E-state index contributed by atoms with van der Waals surface area (Å²) in [4.78, 5) is 38.0. The summed E-state index contributed by atoms with van der Waals surface area (Å²) in [5.74, 6) is -0.400. The van der Waals surface area contributed by atoms with Crippen molar-refractivity contribution in [3.8, 4) is 0 Å². The van der Waals surface area contributed by atoms with Crippen molar-refractivity contribution in [2.75, 3.05) is 6.54 Å². The molecule has 2 atom stereocenters. The molecule has 2 amide bonds. The van der Waals surface area contributed by atoms with Crippen LogP contribution in [0, 0.1) is 17.2 Å². The first-order valence-corrected chi connectivity index (χ1v) is 12.4. The minimum Gasteiger partial charge on any atom is -0.356 e. The van der Waals surface area contributed by atoms with Crippen molar-refractivity contribution in [2.45, 2.75) is 59.0 Å². The van der Waals surface area contributed by atoms with E-state index in [1.54, 1.807) is 16.8 Å². The number of rotatable bonds is 9. The SMILES string of the molecule is CC(C)(C)C(NC(=O)c1nn(Cc2ccc(F)cc2)c2ccccc12)C(=O)CCCC1CNC(=O)C1. The summed E-state index contributed by atoms with van der Waals surface area (Å²) in [6, 6.07) is 13.0. The van der Waals surface area contributed by atoms with E-state index < -0.39 is 17.4 Å². The topological polar surface area (TPSA) is 93.1 Å². The molecule has 2 aromatic carbocycles. The molecule has 0 spiro atoms. The maximum absolute atomic E-state index is 13.4. The highest BCUT2D eigenvalue weighted by atomic mass is 19.1. The molecule has 1 aromatic heterocycles. The van der Waals surface area contributed by atoms with Crippen molar-refractivity contribution in [3.63, 3.8) is 0 Å². The van der Waals surface area contributed by atoms with Gasteiger partial charge in [0.25, 0.3) is 5.91 Å². The maximum Gasteiger partial charge on any atom is 0.273 e. The van der Waals surface area contributed by atoms with E-state index in [2.05, 4.69) is 15.7 Å². The average molecular weight is 493 g/mol. The highest BCUT2D eigenvalue weighted by Crippen LogP contribution is 2.25. The van der Waals surface area contributed by atoms with E-state index >= 15 is 0 Å². The predicted molar refractivity (Wildman–Crippen MR) is 136 cm³/mol. The van der Waals surface area contributed by atoms with E-state index in [1.165, 1.54) is 12.1 Å². The lowest BCUT2D eigenvalue weighted by Crippen LogP contribution is -2.49. The Bertz CT molecular complexity index is 1260. The van der Waals surface area contributed by atoms with Gasteiger partial charge in [0.2, 0.25) is 5.91 Å². The minimum atomic E-state index is -0.672. The van der Waals surface area contributed by atoms with Crippen LogP contribution in [0.2, 0.25) is 0 Å². The Kier molecular flexibility index (Phi) is 7.52. The van der Waals surface area contributed by atoms with Gasteiger partial charge in [-0.1, -0.05) is 51.1 Å². The zero-order valence-electron chi connectivity index (χ0n) is 21.0. The lowest BCUT2D eigenvalue weighted by molar-refractivity contribution is -0.123. The van der Waals surface area contributed by atoms with E-state index in [0.29, 0.717) is 37.7 Å². The number of hydrogen-bond donors (Lipinski definition) is 2. The number of para-hydroxylation sites is 1. The zero-order valence-corrected chi connectivity index (χ0v) is 21.0. The van der Waals surface area contributed by atoms with Crippen molar-refractivity contribution >= 4 is 28.5 Å². The van der Waals surface area contributed by atoms with Crippen LogP contribution in [0.15, 0.2) is 48.5 Å². The fraction of sp³-hybridized carbons (Fsp3) is 0.429. The number of carbonyl (C=O) groups is 3. The second-order valence-corrected chi connectivity index (χ2v) is 10.7. The fourth-order valence-corrected chi connectivity index (χ4v) is 4.74. The maximum atomic E-state index is 13.4. The van der Waals surface area contributed by atoms with Gasteiger partial charge < -0.3 is 10.6 Å². The van der Waals surface area contributed by atoms with Crippen molar-refractivity contribution < 1.29 is 18.8 Å². The van der Waals surface area contributed by atoms with Gasteiger partial charge in [-0.3, -0.25) is 19.1 Å². The monoisotopic (exact) mass is 492 g/mol. The fourth-order valence-electron chi connectivity index (χ4n) is 4.74. The average Bonchev–Trinajstić information content (AvgIpc) is 3.41. The number of aromatic nitrogens is 2. The van der Waals surface area contributed by atoms with Crippen LogP contribution in [-0.2, 0) is 16.1 Å². The van der Waals surface area contributed by atoms with Gasteiger partial charge >= 0.3 is 0 Å². The van der Waals surface area contributed by atoms with Crippen LogP contribution in [-0.4, -0.2) is 40.0 Å². The van der Waals surface area contributed by atoms with Crippen LogP contribution >= 0.6 is 0 Å². The second-order valence-electron chi connectivity index (χ2n) is 10.7. The number of benzene rings is 2. The number of fused-ring (bicyclic) bond motifs is 1. The molecule has 4 rings (SSSR count). The van der Waals surface area contributed by atoms with Gasteiger partial charge in [0.05, 0.1) is 18.1 Å².